The lowest BCUT2D eigenvalue weighted by Gasteiger charge is -2.13. The van der Waals surface area contributed by atoms with E-state index in [4.69, 9.17) is 5.26 Å². The van der Waals surface area contributed by atoms with Crippen LogP contribution in [0.3, 0.4) is 0 Å². The molecule has 0 aliphatic carbocycles. The number of rotatable bonds is 4. The molecule has 1 unspecified atom stereocenters. The van der Waals surface area contributed by atoms with Crippen LogP contribution in [0.5, 0.6) is 0 Å². The maximum atomic E-state index is 10.6. The summed E-state index contributed by atoms with van der Waals surface area (Å²) in [6, 6.07) is 6.68. The quantitative estimate of drug-likeness (QED) is 0.622. The van der Waals surface area contributed by atoms with Gasteiger partial charge in [-0.15, -0.1) is 0 Å². The molecule has 6 heteroatoms. The highest BCUT2D eigenvalue weighted by Crippen LogP contribution is 2.21. The minimum atomic E-state index is -0.497. The molecule has 18 heavy (non-hydrogen) atoms. The van der Waals surface area contributed by atoms with Crippen molar-refractivity contribution in [1.29, 1.82) is 5.26 Å². The van der Waals surface area contributed by atoms with Crippen LogP contribution in [0.1, 0.15) is 18.4 Å². The van der Waals surface area contributed by atoms with Gasteiger partial charge in [0.05, 0.1) is 16.2 Å². The summed E-state index contributed by atoms with van der Waals surface area (Å²) in [4.78, 5) is 10.1. The van der Waals surface area contributed by atoms with Gasteiger partial charge < -0.3 is 10.6 Å². The molecule has 1 aliphatic heterocycles. The number of benzene rings is 1. The Bertz CT molecular complexity index is 489. The Labute approximate surface area is 105 Å². The topological polar surface area (TPSA) is 91.0 Å². The molecule has 1 aromatic carbocycles. The Balaban J connectivity index is 2.07. The van der Waals surface area contributed by atoms with Gasteiger partial charge in [0.25, 0.3) is 5.69 Å². The van der Waals surface area contributed by atoms with Crippen LogP contribution < -0.4 is 10.6 Å². The fourth-order valence-corrected chi connectivity index (χ4v) is 2.06. The highest BCUT2D eigenvalue weighted by atomic mass is 16.6. The van der Waals surface area contributed by atoms with Gasteiger partial charge in [-0.05, 0) is 25.5 Å². The Morgan fingerprint density at radius 3 is 3.06 bits per heavy atom. The summed E-state index contributed by atoms with van der Waals surface area (Å²) >= 11 is 0. The summed E-state index contributed by atoms with van der Waals surface area (Å²) in [6.45, 7) is 1.75. The zero-order chi connectivity index (χ0) is 13.0. The van der Waals surface area contributed by atoms with Gasteiger partial charge in [0.15, 0.2) is 0 Å². The van der Waals surface area contributed by atoms with Crippen molar-refractivity contribution in [2.45, 2.75) is 18.9 Å². The van der Waals surface area contributed by atoms with Gasteiger partial charge in [0.1, 0.15) is 6.07 Å². The molecule has 6 nitrogen and oxygen atoms in total. The zero-order valence-corrected chi connectivity index (χ0v) is 9.85. The SMILES string of the molecule is N#Cc1cc([N+](=O)[O-])ccc1NCC1CCCN1. The Hall–Kier alpha value is -2.13. The van der Waals surface area contributed by atoms with E-state index in [1.54, 1.807) is 6.07 Å². The van der Waals surface area contributed by atoms with Gasteiger partial charge in [0.2, 0.25) is 0 Å². The van der Waals surface area contributed by atoms with Crippen molar-refractivity contribution in [2.24, 2.45) is 0 Å². The van der Waals surface area contributed by atoms with Gasteiger partial charge in [0, 0.05) is 24.7 Å². The van der Waals surface area contributed by atoms with Gasteiger partial charge >= 0.3 is 0 Å². The summed E-state index contributed by atoms with van der Waals surface area (Å²) in [6.07, 6.45) is 2.28. The molecule has 0 bridgehead atoms. The third-order valence-electron chi connectivity index (χ3n) is 3.04. The first-order chi connectivity index (χ1) is 8.70. The fourth-order valence-electron chi connectivity index (χ4n) is 2.06. The first-order valence-corrected chi connectivity index (χ1v) is 5.86. The van der Waals surface area contributed by atoms with Gasteiger partial charge in [-0.25, -0.2) is 0 Å². The molecule has 1 saturated heterocycles. The second kappa shape index (κ2) is 5.47. The predicted molar refractivity (Wildman–Crippen MR) is 67.3 cm³/mol. The van der Waals surface area contributed by atoms with E-state index in [2.05, 4.69) is 10.6 Å². The van der Waals surface area contributed by atoms with E-state index in [1.165, 1.54) is 12.1 Å². The number of nitro groups is 1. The minimum Gasteiger partial charge on any atom is -0.382 e. The molecule has 1 atom stereocenters. The summed E-state index contributed by atoms with van der Waals surface area (Å²) < 4.78 is 0. The van der Waals surface area contributed by atoms with Crippen LogP contribution in [0, 0.1) is 21.4 Å². The molecule has 1 fully saturated rings. The molecule has 2 N–H and O–H groups in total. The standard InChI is InChI=1S/C12H14N4O2/c13-7-9-6-11(16(17)18)3-4-12(9)15-8-10-2-1-5-14-10/h3-4,6,10,14-15H,1-2,5,8H2. The van der Waals surface area contributed by atoms with Crippen LogP contribution in [0.25, 0.3) is 0 Å². The van der Waals surface area contributed by atoms with Crippen LogP contribution in [-0.4, -0.2) is 24.1 Å². The summed E-state index contributed by atoms with van der Waals surface area (Å²) in [7, 11) is 0. The second-order valence-corrected chi connectivity index (χ2v) is 4.27. The molecular formula is C12H14N4O2. The van der Waals surface area contributed by atoms with E-state index < -0.39 is 4.92 Å². The lowest BCUT2D eigenvalue weighted by molar-refractivity contribution is -0.384. The van der Waals surface area contributed by atoms with E-state index in [0.29, 0.717) is 17.3 Å². The Morgan fingerprint density at radius 1 is 1.61 bits per heavy atom. The average Bonchev–Trinajstić information content (AvgIpc) is 2.89. The van der Waals surface area contributed by atoms with Crippen molar-refractivity contribution >= 4 is 11.4 Å². The summed E-state index contributed by atoms with van der Waals surface area (Å²) in [5, 5.41) is 26.1. The maximum Gasteiger partial charge on any atom is 0.270 e. The van der Waals surface area contributed by atoms with Crippen LogP contribution in [-0.2, 0) is 0 Å². The highest BCUT2D eigenvalue weighted by molar-refractivity contribution is 5.61. The van der Waals surface area contributed by atoms with Crippen molar-refractivity contribution in [3.63, 3.8) is 0 Å². The molecular weight excluding hydrogens is 232 g/mol. The zero-order valence-electron chi connectivity index (χ0n) is 9.85. The predicted octanol–water partition coefficient (Wildman–Crippen LogP) is 1.63. The van der Waals surface area contributed by atoms with Gasteiger partial charge in [-0.2, -0.15) is 5.26 Å². The van der Waals surface area contributed by atoms with E-state index in [0.717, 1.165) is 25.9 Å². The molecule has 94 valence electrons. The van der Waals surface area contributed by atoms with Crippen molar-refractivity contribution in [2.75, 3.05) is 18.4 Å². The van der Waals surface area contributed by atoms with Crippen molar-refractivity contribution in [1.82, 2.24) is 5.32 Å². The smallest absolute Gasteiger partial charge is 0.270 e. The monoisotopic (exact) mass is 246 g/mol. The number of nitrogens with zero attached hydrogens (tertiary/aromatic N) is 2. The Morgan fingerprint density at radius 2 is 2.44 bits per heavy atom. The summed E-state index contributed by atoms with van der Waals surface area (Å²) in [5.74, 6) is 0. The molecule has 0 spiro atoms. The molecule has 2 rings (SSSR count). The molecule has 0 radical (unpaired) electrons. The van der Waals surface area contributed by atoms with Crippen LogP contribution >= 0.6 is 0 Å². The molecule has 0 aromatic heterocycles. The molecule has 1 aliphatic rings. The van der Waals surface area contributed by atoms with Crippen LogP contribution in [0.15, 0.2) is 18.2 Å². The highest BCUT2D eigenvalue weighted by Gasteiger charge is 2.15. The van der Waals surface area contributed by atoms with E-state index in [1.807, 2.05) is 6.07 Å². The molecule has 0 saturated carbocycles. The number of nitrogens with one attached hydrogen (secondary N) is 2. The third-order valence-corrected chi connectivity index (χ3v) is 3.04. The lowest BCUT2D eigenvalue weighted by atomic mass is 10.1. The van der Waals surface area contributed by atoms with E-state index in [9.17, 15) is 10.1 Å². The third kappa shape index (κ3) is 2.76. The number of hydrogen-bond donors (Lipinski definition) is 2. The van der Waals surface area contributed by atoms with Crippen molar-refractivity contribution < 1.29 is 4.92 Å². The lowest BCUT2D eigenvalue weighted by Crippen LogP contribution is -2.29. The first kappa shape index (κ1) is 12.3. The van der Waals surface area contributed by atoms with E-state index >= 15 is 0 Å². The Kier molecular flexibility index (Phi) is 3.75. The number of anilines is 1. The minimum absolute atomic E-state index is 0.0592. The van der Waals surface area contributed by atoms with Crippen LogP contribution in [0.4, 0.5) is 11.4 Å². The van der Waals surface area contributed by atoms with Crippen molar-refractivity contribution in [3.8, 4) is 6.07 Å². The van der Waals surface area contributed by atoms with Gasteiger partial charge in [-0.3, -0.25) is 10.1 Å². The first-order valence-electron chi connectivity index (χ1n) is 5.86. The van der Waals surface area contributed by atoms with Gasteiger partial charge in [-0.1, -0.05) is 0 Å². The maximum absolute atomic E-state index is 10.6. The number of nitriles is 1. The second-order valence-electron chi connectivity index (χ2n) is 4.27. The van der Waals surface area contributed by atoms with Crippen LogP contribution in [0.2, 0.25) is 0 Å². The normalized spacial score (nSPS) is 18.3. The van der Waals surface area contributed by atoms with Crippen molar-refractivity contribution in [3.05, 3.63) is 33.9 Å². The fraction of sp³-hybridized carbons (Fsp3) is 0.417. The largest absolute Gasteiger partial charge is 0.382 e. The van der Waals surface area contributed by atoms with E-state index in [-0.39, 0.29) is 5.69 Å². The molecule has 1 aromatic rings. The number of hydrogen-bond acceptors (Lipinski definition) is 5. The number of non-ortho nitro benzene ring substituents is 1. The molecule has 0 amide bonds. The molecule has 1 heterocycles. The number of nitro benzene ring substituents is 1. The summed E-state index contributed by atoms with van der Waals surface area (Å²) in [5.41, 5.74) is 0.898. The average molecular weight is 246 g/mol.